The van der Waals surface area contributed by atoms with Gasteiger partial charge in [0.25, 0.3) is 0 Å². The van der Waals surface area contributed by atoms with Crippen molar-refractivity contribution in [2.24, 2.45) is 0 Å². The Morgan fingerprint density at radius 1 is 1.10 bits per heavy atom. The van der Waals surface area contributed by atoms with Gasteiger partial charge < -0.3 is 10.5 Å². The van der Waals surface area contributed by atoms with E-state index in [1.54, 1.807) is 12.1 Å². The molecule has 106 valence electrons. The highest BCUT2D eigenvalue weighted by Crippen LogP contribution is 2.36. The maximum Gasteiger partial charge on any atom is 0.168 e. The number of nitrogens with zero attached hydrogens (tertiary/aromatic N) is 1. The molecule has 0 fully saturated rings. The molecule has 3 rings (SSSR count). The molecule has 1 heterocycles. The Morgan fingerprint density at radius 2 is 1.90 bits per heavy atom. The molecule has 0 saturated carbocycles. The summed E-state index contributed by atoms with van der Waals surface area (Å²) in [6.45, 7) is 0. The van der Waals surface area contributed by atoms with E-state index in [9.17, 15) is 8.78 Å². The number of halogens is 3. The van der Waals surface area contributed by atoms with Gasteiger partial charge in [0.1, 0.15) is 5.82 Å². The van der Waals surface area contributed by atoms with Crippen molar-refractivity contribution in [3.63, 3.8) is 0 Å². The van der Waals surface area contributed by atoms with Crippen LogP contribution < -0.4 is 10.5 Å². The smallest absolute Gasteiger partial charge is 0.168 e. The van der Waals surface area contributed by atoms with Crippen LogP contribution in [-0.4, -0.2) is 4.98 Å². The quantitative estimate of drug-likeness (QED) is 0.731. The molecule has 21 heavy (non-hydrogen) atoms. The molecule has 0 spiro atoms. The molecule has 3 aromatic rings. The monoisotopic (exact) mass is 350 g/mol. The number of aromatic nitrogens is 1. The van der Waals surface area contributed by atoms with Crippen LogP contribution in [0.3, 0.4) is 0 Å². The lowest BCUT2D eigenvalue weighted by Crippen LogP contribution is -1.97. The molecular formula is C15H9BrF2N2O. The first-order valence-corrected chi connectivity index (χ1v) is 6.80. The Kier molecular flexibility index (Phi) is 3.47. The first-order chi connectivity index (χ1) is 10.0. The predicted molar refractivity (Wildman–Crippen MR) is 80.3 cm³/mol. The van der Waals surface area contributed by atoms with Gasteiger partial charge in [-0.05, 0) is 30.3 Å². The summed E-state index contributed by atoms with van der Waals surface area (Å²) in [4.78, 5) is 4.18. The zero-order chi connectivity index (χ0) is 15.0. The third-order valence-corrected chi connectivity index (χ3v) is 3.41. The van der Waals surface area contributed by atoms with Gasteiger partial charge in [0.05, 0.1) is 17.4 Å². The minimum atomic E-state index is -0.797. The predicted octanol–water partition coefficient (Wildman–Crippen LogP) is 4.65. The SMILES string of the molecule is Nc1cnc2ccc(Br)cc2c1Oc1ccc(F)cc1F. The number of rotatable bonds is 2. The summed E-state index contributed by atoms with van der Waals surface area (Å²) in [6.07, 6.45) is 1.44. The maximum absolute atomic E-state index is 13.7. The van der Waals surface area contributed by atoms with Gasteiger partial charge in [-0.2, -0.15) is 0 Å². The van der Waals surface area contributed by atoms with Crippen molar-refractivity contribution in [3.8, 4) is 11.5 Å². The summed E-state index contributed by atoms with van der Waals surface area (Å²) in [5.41, 5.74) is 6.79. The fourth-order valence-corrected chi connectivity index (χ4v) is 2.30. The van der Waals surface area contributed by atoms with E-state index in [0.717, 1.165) is 16.6 Å². The molecule has 2 N–H and O–H groups in total. The molecule has 0 aliphatic heterocycles. The average Bonchev–Trinajstić information content (AvgIpc) is 2.44. The fourth-order valence-electron chi connectivity index (χ4n) is 1.94. The lowest BCUT2D eigenvalue weighted by molar-refractivity contribution is 0.443. The van der Waals surface area contributed by atoms with E-state index in [1.165, 1.54) is 12.3 Å². The third kappa shape index (κ3) is 2.67. The summed E-state index contributed by atoms with van der Waals surface area (Å²) in [5.74, 6) is -1.29. The highest BCUT2D eigenvalue weighted by molar-refractivity contribution is 9.10. The van der Waals surface area contributed by atoms with Crippen LogP contribution in [0.1, 0.15) is 0 Å². The van der Waals surface area contributed by atoms with Crippen molar-refractivity contribution in [1.82, 2.24) is 4.98 Å². The Labute approximate surface area is 127 Å². The van der Waals surface area contributed by atoms with Crippen LogP contribution in [0, 0.1) is 11.6 Å². The third-order valence-electron chi connectivity index (χ3n) is 2.91. The largest absolute Gasteiger partial charge is 0.451 e. The molecule has 0 bridgehead atoms. The van der Waals surface area contributed by atoms with Crippen LogP contribution in [0.2, 0.25) is 0 Å². The number of nitrogen functional groups attached to an aromatic ring is 1. The van der Waals surface area contributed by atoms with E-state index in [2.05, 4.69) is 20.9 Å². The van der Waals surface area contributed by atoms with Crippen LogP contribution in [0.5, 0.6) is 11.5 Å². The second kappa shape index (κ2) is 5.29. The summed E-state index contributed by atoms with van der Waals surface area (Å²) in [7, 11) is 0. The summed E-state index contributed by atoms with van der Waals surface area (Å²) in [6, 6.07) is 8.48. The van der Waals surface area contributed by atoms with Crippen molar-refractivity contribution in [2.75, 3.05) is 5.73 Å². The standard InChI is InChI=1S/C15H9BrF2N2O/c16-8-1-3-13-10(5-8)15(12(19)7-20-13)21-14-4-2-9(17)6-11(14)18/h1-7H,19H2. The molecule has 6 heteroatoms. The molecule has 0 atom stereocenters. The van der Waals surface area contributed by atoms with E-state index >= 15 is 0 Å². The lowest BCUT2D eigenvalue weighted by atomic mass is 10.2. The topological polar surface area (TPSA) is 48.1 Å². The number of ether oxygens (including phenoxy) is 1. The van der Waals surface area contributed by atoms with Gasteiger partial charge in [-0.25, -0.2) is 8.78 Å². The number of pyridine rings is 1. The highest BCUT2D eigenvalue weighted by Gasteiger charge is 2.13. The average molecular weight is 351 g/mol. The van der Waals surface area contributed by atoms with E-state index < -0.39 is 11.6 Å². The molecule has 0 radical (unpaired) electrons. The molecule has 0 amide bonds. The van der Waals surface area contributed by atoms with Crippen molar-refractivity contribution in [2.45, 2.75) is 0 Å². The second-order valence-corrected chi connectivity index (χ2v) is 5.30. The fraction of sp³-hybridized carbons (Fsp3) is 0. The molecule has 0 aliphatic rings. The van der Waals surface area contributed by atoms with Gasteiger partial charge in [-0.15, -0.1) is 0 Å². The Morgan fingerprint density at radius 3 is 2.67 bits per heavy atom. The minimum absolute atomic E-state index is 0.101. The Hall–Kier alpha value is -2.21. The van der Waals surface area contributed by atoms with Crippen LogP contribution >= 0.6 is 15.9 Å². The van der Waals surface area contributed by atoms with E-state index in [1.807, 2.05) is 6.07 Å². The molecule has 0 aliphatic carbocycles. The van der Waals surface area contributed by atoms with Gasteiger partial charge in [-0.3, -0.25) is 4.98 Å². The second-order valence-electron chi connectivity index (χ2n) is 4.38. The Balaban J connectivity index is 2.15. The molecule has 0 unspecified atom stereocenters. The Bertz CT molecular complexity index is 834. The maximum atomic E-state index is 13.7. The number of benzene rings is 2. The number of fused-ring (bicyclic) bond motifs is 1. The number of nitrogens with two attached hydrogens (primary N) is 1. The molecule has 0 saturated heterocycles. The number of hydrogen-bond donors (Lipinski definition) is 1. The molecule has 1 aromatic heterocycles. The molecule has 3 nitrogen and oxygen atoms in total. The number of anilines is 1. The molecule has 2 aromatic carbocycles. The first-order valence-electron chi connectivity index (χ1n) is 6.01. The van der Waals surface area contributed by atoms with Gasteiger partial charge in [-0.1, -0.05) is 15.9 Å². The first kappa shape index (κ1) is 13.8. The summed E-state index contributed by atoms with van der Waals surface area (Å²) < 4.78 is 33.0. The van der Waals surface area contributed by atoms with Crippen molar-refractivity contribution in [3.05, 3.63) is 58.7 Å². The van der Waals surface area contributed by atoms with Crippen molar-refractivity contribution < 1.29 is 13.5 Å². The minimum Gasteiger partial charge on any atom is -0.451 e. The van der Waals surface area contributed by atoms with Gasteiger partial charge >= 0.3 is 0 Å². The zero-order valence-electron chi connectivity index (χ0n) is 10.6. The van der Waals surface area contributed by atoms with Crippen LogP contribution in [0.15, 0.2) is 47.1 Å². The van der Waals surface area contributed by atoms with Crippen molar-refractivity contribution in [1.29, 1.82) is 0 Å². The zero-order valence-corrected chi connectivity index (χ0v) is 12.2. The lowest BCUT2D eigenvalue weighted by Gasteiger charge is -2.12. The van der Waals surface area contributed by atoms with Gasteiger partial charge in [0.15, 0.2) is 17.3 Å². The van der Waals surface area contributed by atoms with Crippen LogP contribution in [0.25, 0.3) is 10.9 Å². The van der Waals surface area contributed by atoms with E-state index in [-0.39, 0.29) is 17.2 Å². The van der Waals surface area contributed by atoms with Gasteiger partial charge in [0.2, 0.25) is 0 Å². The number of hydrogen-bond acceptors (Lipinski definition) is 3. The van der Waals surface area contributed by atoms with Crippen molar-refractivity contribution >= 4 is 32.5 Å². The van der Waals surface area contributed by atoms with Crippen LogP contribution in [-0.2, 0) is 0 Å². The van der Waals surface area contributed by atoms with Crippen LogP contribution in [0.4, 0.5) is 14.5 Å². The van der Waals surface area contributed by atoms with E-state index in [0.29, 0.717) is 10.9 Å². The summed E-state index contributed by atoms with van der Waals surface area (Å²) in [5, 5.41) is 0.633. The summed E-state index contributed by atoms with van der Waals surface area (Å²) >= 11 is 3.35. The normalized spacial score (nSPS) is 10.8. The molecular weight excluding hydrogens is 342 g/mol. The highest BCUT2D eigenvalue weighted by atomic mass is 79.9. The van der Waals surface area contributed by atoms with E-state index in [4.69, 9.17) is 10.5 Å². The van der Waals surface area contributed by atoms with Gasteiger partial charge in [0, 0.05) is 15.9 Å².